The monoisotopic (exact) mass is 454 g/mol. The zero-order chi connectivity index (χ0) is 22.4. The van der Waals surface area contributed by atoms with E-state index in [1.54, 1.807) is 0 Å². The van der Waals surface area contributed by atoms with Gasteiger partial charge in [-0.05, 0) is 12.8 Å². The lowest BCUT2D eigenvalue weighted by molar-refractivity contribution is -0.919. The van der Waals surface area contributed by atoms with E-state index in [0.717, 1.165) is 50.0 Å². The van der Waals surface area contributed by atoms with Crippen LogP contribution in [0.5, 0.6) is 5.88 Å². The molecular formula is C23H40N3O4S+. The summed E-state index contributed by atoms with van der Waals surface area (Å²) in [4.78, 5) is 12.0. The van der Waals surface area contributed by atoms with Gasteiger partial charge in [0.2, 0.25) is 6.73 Å². The fourth-order valence-electron chi connectivity index (χ4n) is 3.67. The van der Waals surface area contributed by atoms with Gasteiger partial charge in [-0.2, -0.15) is 4.37 Å². The number of ether oxygens (including phenoxy) is 3. The minimum Gasteiger partial charge on any atom is -0.475 e. The van der Waals surface area contributed by atoms with Crippen molar-refractivity contribution in [2.45, 2.75) is 78.1 Å². The van der Waals surface area contributed by atoms with Gasteiger partial charge in [0.05, 0.1) is 38.5 Å². The maximum absolute atomic E-state index is 12.0. The van der Waals surface area contributed by atoms with Gasteiger partial charge in [-0.15, -0.1) is 4.37 Å². The van der Waals surface area contributed by atoms with E-state index in [2.05, 4.69) is 35.7 Å². The molecule has 0 amide bonds. The minimum atomic E-state index is -0.572. The highest BCUT2D eigenvalue weighted by atomic mass is 32.1. The largest absolute Gasteiger partial charge is 0.512 e. The Morgan fingerprint density at radius 1 is 1.00 bits per heavy atom. The normalized spacial score (nSPS) is 18.5. The Kier molecular flexibility index (Phi) is 11.9. The van der Waals surface area contributed by atoms with Crippen LogP contribution in [0.4, 0.5) is 4.79 Å². The molecule has 8 heteroatoms. The van der Waals surface area contributed by atoms with E-state index < -0.39 is 6.16 Å². The molecule has 1 unspecified atom stereocenters. The van der Waals surface area contributed by atoms with Crippen LogP contribution in [0.15, 0.2) is 6.08 Å². The summed E-state index contributed by atoms with van der Waals surface area (Å²) < 4.78 is 26.0. The number of nitrogens with zero attached hydrogens (tertiary/aromatic N) is 3. The molecule has 1 aliphatic heterocycles. The van der Waals surface area contributed by atoms with Gasteiger partial charge in [-0.3, -0.25) is 4.48 Å². The van der Waals surface area contributed by atoms with Gasteiger partial charge >= 0.3 is 6.16 Å². The lowest BCUT2D eigenvalue weighted by Gasteiger charge is -2.36. The zero-order valence-electron chi connectivity index (χ0n) is 19.6. The first kappa shape index (κ1) is 25.6. The maximum atomic E-state index is 12.0. The molecule has 0 radical (unpaired) electrons. The van der Waals surface area contributed by atoms with Gasteiger partial charge in [0.1, 0.15) is 12.2 Å². The number of quaternary nitrogens is 1. The van der Waals surface area contributed by atoms with Crippen LogP contribution in [0.2, 0.25) is 0 Å². The Bertz CT molecular complexity index is 680. The summed E-state index contributed by atoms with van der Waals surface area (Å²) in [6.07, 6.45) is 12.8. The Hall–Kier alpha value is -1.67. The topological polar surface area (TPSA) is 70.5 Å². The molecule has 7 nitrogen and oxygen atoms in total. The Balaban J connectivity index is 1.76. The van der Waals surface area contributed by atoms with E-state index >= 15 is 0 Å². The van der Waals surface area contributed by atoms with E-state index in [1.807, 2.05) is 0 Å². The average Bonchev–Trinajstić information content (AvgIpc) is 3.23. The predicted octanol–water partition coefficient (Wildman–Crippen LogP) is 5.81. The molecule has 1 aliphatic rings. The fraction of sp³-hybridized carbons (Fsp3) is 0.783. The van der Waals surface area contributed by atoms with Crippen molar-refractivity contribution >= 4 is 23.5 Å². The number of rotatable bonds is 15. The molecule has 0 saturated carbocycles. The van der Waals surface area contributed by atoms with Gasteiger partial charge < -0.3 is 14.2 Å². The molecule has 176 valence electrons. The summed E-state index contributed by atoms with van der Waals surface area (Å²) in [6.45, 7) is 7.40. The van der Waals surface area contributed by atoms with Crippen molar-refractivity contribution in [2.24, 2.45) is 0 Å². The summed E-state index contributed by atoms with van der Waals surface area (Å²) in [5, 5.41) is 0. The number of likely N-dealkylation sites (N-methyl/N-ethyl adjacent to an activating group) is 1. The number of unbranched alkanes of at least 4 members (excludes halogenated alkanes) is 7. The first-order chi connectivity index (χ1) is 15.1. The van der Waals surface area contributed by atoms with E-state index in [4.69, 9.17) is 14.2 Å². The standard InChI is InChI=1S/C23H40N3O4S/c1-4-6-8-10-12-17-29-23(27)30-19-26(3)15-13-14-20(18-26)21-22(25-31-24-21)28-16-11-9-7-5-2/h14H,4-13,15-19H2,1-3H3/q+1. The smallest absolute Gasteiger partial charge is 0.475 e. The van der Waals surface area contributed by atoms with Crippen LogP contribution in [0.25, 0.3) is 5.57 Å². The summed E-state index contributed by atoms with van der Waals surface area (Å²) in [5.41, 5.74) is 1.94. The molecule has 31 heavy (non-hydrogen) atoms. The van der Waals surface area contributed by atoms with Crippen LogP contribution in [-0.2, 0) is 9.47 Å². The Morgan fingerprint density at radius 2 is 1.71 bits per heavy atom. The molecule has 2 rings (SSSR count). The second-order valence-corrected chi connectivity index (χ2v) is 9.16. The number of hydrogen-bond acceptors (Lipinski definition) is 7. The van der Waals surface area contributed by atoms with Crippen LogP contribution in [0.1, 0.15) is 83.7 Å². The van der Waals surface area contributed by atoms with Gasteiger partial charge in [-0.25, -0.2) is 4.79 Å². The van der Waals surface area contributed by atoms with Gasteiger partial charge in [-0.1, -0.05) is 64.9 Å². The fourth-order valence-corrected chi connectivity index (χ4v) is 4.20. The van der Waals surface area contributed by atoms with Gasteiger partial charge in [0.25, 0.3) is 5.88 Å². The molecule has 0 spiro atoms. The summed E-state index contributed by atoms with van der Waals surface area (Å²) in [7, 11) is 2.09. The maximum Gasteiger partial charge on any atom is 0.512 e. The van der Waals surface area contributed by atoms with Crippen LogP contribution < -0.4 is 4.74 Å². The Labute approximate surface area is 191 Å². The SMILES string of the molecule is CCCCCCCOC(=O)OC[N+]1(C)CCC=C(c2nsnc2OCCCCCC)C1. The molecule has 1 aromatic rings. The third-order valence-corrected chi connectivity index (χ3v) is 6.08. The molecule has 0 bridgehead atoms. The number of aromatic nitrogens is 2. The van der Waals surface area contributed by atoms with Crippen LogP contribution in [-0.4, -0.2) is 59.5 Å². The molecular weight excluding hydrogens is 414 g/mol. The predicted molar refractivity (Wildman–Crippen MR) is 124 cm³/mol. The van der Waals surface area contributed by atoms with Crippen molar-refractivity contribution in [2.75, 3.05) is 40.1 Å². The van der Waals surface area contributed by atoms with Crippen molar-refractivity contribution in [3.05, 3.63) is 11.8 Å². The van der Waals surface area contributed by atoms with Crippen LogP contribution >= 0.6 is 11.7 Å². The molecule has 1 aromatic heterocycles. The van der Waals surface area contributed by atoms with Crippen molar-refractivity contribution in [3.63, 3.8) is 0 Å². The lowest BCUT2D eigenvalue weighted by Crippen LogP contribution is -2.49. The molecule has 0 N–H and O–H groups in total. The number of carbonyl (C=O) groups excluding carboxylic acids is 1. The van der Waals surface area contributed by atoms with Gasteiger partial charge in [0.15, 0.2) is 0 Å². The second kappa shape index (κ2) is 14.4. The number of hydrogen-bond donors (Lipinski definition) is 0. The van der Waals surface area contributed by atoms with Crippen molar-refractivity contribution in [1.82, 2.24) is 8.75 Å². The lowest BCUT2D eigenvalue weighted by atomic mass is 10.1. The molecule has 2 heterocycles. The van der Waals surface area contributed by atoms with Crippen molar-refractivity contribution in [3.8, 4) is 5.88 Å². The average molecular weight is 455 g/mol. The summed E-state index contributed by atoms with van der Waals surface area (Å²) in [5.74, 6) is 0.629. The first-order valence-corrected chi connectivity index (χ1v) is 12.6. The highest BCUT2D eigenvalue weighted by molar-refractivity contribution is 6.99. The van der Waals surface area contributed by atoms with E-state index in [9.17, 15) is 4.79 Å². The summed E-state index contributed by atoms with van der Waals surface area (Å²) >= 11 is 1.18. The van der Waals surface area contributed by atoms with Crippen molar-refractivity contribution in [1.29, 1.82) is 0 Å². The third-order valence-electron chi connectivity index (χ3n) is 5.57. The molecule has 0 aliphatic carbocycles. The highest BCUT2D eigenvalue weighted by Gasteiger charge is 2.31. The third kappa shape index (κ3) is 9.56. The van der Waals surface area contributed by atoms with E-state index in [0.29, 0.717) is 23.6 Å². The van der Waals surface area contributed by atoms with Crippen LogP contribution in [0, 0.1) is 0 Å². The molecule has 0 aromatic carbocycles. The number of carbonyl (C=O) groups is 1. The molecule has 0 fully saturated rings. The quantitative estimate of drug-likeness (QED) is 0.189. The summed E-state index contributed by atoms with van der Waals surface area (Å²) in [6, 6.07) is 0. The second-order valence-electron chi connectivity index (χ2n) is 8.63. The Morgan fingerprint density at radius 3 is 2.48 bits per heavy atom. The van der Waals surface area contributed by atoms with Gasteiger partial charge in [0, 0.05) is 12.0 Å². The molecule has 1 atom stereocenters. The zero-order valence-corrected chi connectivity index (χ0v) is 20.4. The highest BCUT2D eigenvalue weighted by Crippen LogP contribution is 2.30. The molecule has 0 saturated heterocycles. The first-order valence-electron chi connectivity index (χ1n) is 11.9. The van der Waals surface area contributed by atoms with Crippen LogP contribution in [0.3, 0.4) is 0 Å². The minimum absolute atomic E-state index is 0.288. The van der Waals surface area contributed by atoms with Crippen molar-refractivity contribution < 1.29 is 23.5 Å². The van der Waals surface area contributed by atoms with E-state index in [-0.39, 0.29) is 6.73 Å². The van der Waals surface area contributed by atoms with E-state index in [1.165, 1.54) is 50.3 Å².